The van der Waals surface area contributed by atoms with Gasteiger partial charge in [0.25, 0.3) is 5.91 Å². The van der Waals surface area contributed by atoms with Crippen molar-refractivity contribution >= 4 is 5.91 Å². The third kappa shape index (κ3) is 5.61. The zero-order valence-corrected chi connectivity index (χ0v) is 11.9. The molecule has 0 atom stereocenters. The number of amides is 1. The lowest BCUT2D eigenvalue weighted by Crippen LogP contribution is -2.22. The van der Waals surface area contributed by atoms with Gasteiger partial charge in [-0.25, -0.2) is 4.39 Å². The van der Waals surface area contributed by atoms with Gasteiger partial charge in [-0.05, 0) is 35.9 Å². The summed E-state index contributed by atoms with van der Waals surface area (Å²) < 4.78 is 53.7. The van der Waals surface area contributed by atoms with Crippen molar-refractivity contribution in [3.63, 3.8) is 0 Å². The van der Waals surface area contributed by atoms with Gasteiger partial charge in [0.05, 0.1) is 0 Å². The van der Waals surface area contributed by atoms with E-state index in [1.54, 1.807) is 0 Å². The summed E-state index contributed by atoms with van der Waals surface area (Å²) in [5.74, 6) is -0.867. The van der Waals surface area contributed by atoms with Gasteiger partial charge in [0.2, 0.25) is 0 Å². The van der Waals surface area contributed by atoms with Crippen molar-refractivity contribution in [2.45, 2.75) is 12.7 Å². The van der Waals surface area contributed by atoms with Crippen LogP contribution in [0.15, 0.2) is 48.5 Å². The molecule has 3 nitrogen and oxygen atoms in total. The van der Waals surface area contributed by atoms with Crippen molar-refractivity contribution in [2.24, 2.45) is 0 Å². The molecule has 2 rings (SSSR count). The Hall–Kier alpha value is -2.57. The molecule has 23 heavy (non-hydrogen) atoms. The van der Waals surface area contributed by atoms with E-state index in [4.69, 9.17) is 0 Å². The number of carbonyl (C=O) groups is 1. The third-order valence-electron chi connectivity index (χ3n) is 2.87. The number of benzene rings is 2. The largest absolute Gasteiger partial charge is 0.484 e. The zero-order valence-electron chi connectivity index (χ0n) is 11.9. The van der Waals surface area contributed by atoms with Crippen LogP contribution in [0, 0.1) is 5.82 Å². The lowest BCUT2D eigenvalue weighted by molar-refractivity contribution is -0.153. The maximum absolute atomic E-state index is 13.0. The van der Waals surface area contributed by atoms with Crippen LogP contribution in [0.5, 0.6) is 5.75 Å². The molecule has 122 valence electrons. The first kappa shape index (κ1) is 16.8. The number of alkyl halides is 3. The number of ether oxygens (including phenoxy) is 1. The Kier molecular flexibility index (Phi) is 5.20. The molecule has 2 aromatic rings. The van der Waals surface area contributed by atoms with Crippen molar-refractivity contribution in [3.8, 4) is 5.75 Å². The minimum atomic E-state index is -4.39. The molecule has 0 aromatic heterocycles. The molecular weight excluding hydrogens is 314 g/mol. The van der Waals surface area contributed by atoms with E-state index in [1.807, 2.05) is 0 Å². The fourth-order valence-electron chi connectivity index (χ4n) is 1.78. The Morgan fingerprint density at radius 1 is 1.09 bits per heavy atom. The first-order valence-electron chi connectivity index (χ1n) is 6.66. The van der Waals surface area contributed by atoms with Crippen molar-refractivity contribution in [1.29, 1.82) is 0 Å². The van der Waals surface area contributed by atoms with E-state index >= 15 is 0 Å². The molecule has 0 aliphatic carbocycles. The first-order chi connectivity index (χ1) is 10.8. The quantitative estimate of drug-likeness (QED) is 0.851. The van der Waals surface area contributed by atoms with Crippen LogP contribution in [0.1, 0.15) is 15.9 Å². The molecule has 1 amide bonds. The van der Waals surface area contributed by atoms with Gasteiger partial charge in [-0.15, -0.1) is 0 Å². The van der Waals surface area contributed by atoms with Crippen LogP contribution in [0.3, 0.4) is 0 Å². The minimum absolute atomic E-state index is 0.0857. The molecule has 0 aliphatic heterocycles. The monoisotopic (exact) mass is 327 g/mol. The highest BCUT2D eigenvalue weighted by Gasteiger charge is 2.28. The SMILES string of the molecule is O=C(NCc1ccc(OCC(F)(F)F)cc1)c1cccc(F)c1. The minimum Gasteiger partial charge on any atom is -0.484 e. The number of hydrogen-bond donors (Lipinski definition) is 1. The molecule has 0 bridgehead atoms. The van der Waals surface area contributed by atoms with Gasteiger partial charge in [-0.2, -0.15) is 13.2 Å². The molecule has 2 aromatic carbocycles. The highest BCUT2D eigenvalue weighted by atomic mass is 19.4. The van der Waals surface area contributed by atoms with E-state index < -0.39 is 24.5 Å². The molecule has 0 radical (unpaired) electrons. The zero-order chi connectivity index (χ0) is 16.9. The second-order valence-electron chi connectivity index (χ2n) is 4.74. The Morgan fingerprint density at radius 2 is 1.78 bits per heavy atom. The maximum atomic E-state index is 13.0. The first-order valence-corrected chi connectivity index (χ1v) is 6.66. The summed E-state index contributed by atoms with van der Waals surface area (Å²) in [5.41, 5.74) is 0.865. The molecule has 0 saturated heterocycles. The van der Waals surface area contributed by atoms with Crippen LogP contribution in [0.2, 0.25) is 0 Å². The van der Waals surface area contributed by atoms with Crippen LogP contribution in [-0.4, -0.2) is 18.7 Å². The van der Waals surface area contributed by atoms with Gasteiger partial charge < -0.3 is 10.1 Å². The predicted molar refractivity (Wildman–Crippen MR) is 75.6 cm³/mol. The fourth-order valence-corrected chi connectivity index (χ4v) is 1.78. The Morgan fingerprint density at radius 3 is 2.39 bits per heavy atom. The van der Waals surface area contributed by atoms with E-state index in [2.05, 4.69) is 10.1 Å². The van der Waals surface area contributed by atoms with Crippen molar-refractivity contribution in [1.82, 2.24) is 5.32 Å². The molecule has 0 unspecified atom stereocenters. The Bertz CT molecular complexity index is 669. The van der Waals surface area contributed by atoms with Crippen LogP contribution in [-0.2, 0) is 6.54 Å². The highest BCUT2D eigenvalue weighted by molar-refractivity contribution is 5.94. The van der Waals surface area contributed by atoms with Crippen molar-refractivity contribution in [2.75, 3.05) is 6.61 Å². The molecule has 0 spiro atoms. The Labute approximate surface area is 129 Å². The van der Waals surface area contributed by atoms with E-state index in [0.717, 1.165) is 6.07 Å². The molecule has 0 aliphatic rings. The molecule has 0 heterocycles. The van der Waals surface area contributed by atoms with Crippen LogP contribution < -0.4 is 10.1 Å². The second kappa shape index (κ2) is 7.13. The van der Waals surface area contributed by atoms with E-state index in [1.165, 1.54) is 42.5 Å². The molecular formula is C16H13F4NO2. The summed E-state index contributed by atoms with van der Waals surface area (Å²) in [5, 5.41) is 2.59. The van der Waals surface area contributed by atoms with Crippen LogP contribution >= 0.6 is 0 Å². The average molecular weight is 327 g/mol. The third-order valence-corrected chi connectivity index (χ3v) is 2.87. The summed E-state index contributed by atoms with van der Waals surface area (Å²) in [7, 11) is 0. The summed E-state index contributed by atoms with van der Waals surface area (Å²) in [6, 6.07) is 11.1. The van der Waals surface area contributed by atoms with E-state index in [0.29, 0.717) is 5.56 Å². The van der Waals surface area contributed by atoms with Crippen LogP contribution in [0.25, 0.3) is 0 Å². The molecule has 0 saturated carbocycles. The lowest BCUT2D eigenvalue weighted by Gasteiger charge is -2.10. The van der Waals surface area contributed by atoms with Crippen molar-refractivity contribution < 1.29 is 27.1 Å². The summed E-state index contributed by atoms with van der Waals surface area (Å²) >= 11 is 0. The van der Waals surface area contributed by atoms with Gasteiger partial charge in [-0.3, -0.25) is 4.79 Å². The van der Waals surface area contributed by atoms with Gasteiger partial charge >= 0.3 is 6.18 Å². The summed E-state index contributed by atoms with van der Waals surface area (Å²) in [6.45, 7) is -1.20. The summed E-state index contributed by atoms with van der Waals surface area (Å²) in [4.78, 5) is 11.8. The number of carbonyl (C=O) groups excluding carboxylic acids is 1. The fraction of sp³-hybridized carbons (Fsp3) is 0.188. The van der Waals surface area contributed by atoms with Crippen molar-refractivity contribution in [3.05, 3.63) is 65.5 Å². The topological polar surface area (TPSA) is 38.3 Å². The lowest BCUT2D eigenvalue weighted by atomic mass is 10.2. The number of nitrogens with one attached hydrogen (secondary N) is 1. The normalized spacial score (nSPS) is 11.1. The number of rotatable bonds is 5. The number of hydrogen-bond acceptors (Lipinski definition) is 2. The second-order valence-corrected chi connectivity index (χ2v) is 4.74. The highest BCUT2D eigenvalue weighted by Crippen LogP contribution is 2.18. The van der Waals surface area contributed by atoms with Crippen LogP contribution in [0.4, 0.5) is 17.6 Å². The molecule has 0 fully saturated rings. The van der Waals surface area contributed by atoms with Gasteiger partial charge in [0, 0.05) is 12.1 Å². The Balaban J connectivity index is 1.87. The van der Waals surface area contributed by atoms with E-state index in [9.17, 15) is 22.4 Å². The smallest absolute Gasteiger partial charge is 0.422 e. The standard InChI is InChI=1S/C16H13F4NO2/c17-13-3-1-2-12(8-13)15(22)21-9-11-4-6-14(7-5-11)23-10-16(18,19)20/h1-8H,9-10H2,(H,21,22). The predicted octanol–water partition coefficient (Wildman–Crippen LogP) is 3.70. The van der Waals surface area contributed by atoms with E-state index in [-0.39, 0.29) is 17.9 Å². The molecule has 7 heteroatoms. The molecule has 1 N–H and O–H groups in total. The number of halogens is 4. The maximum Gasteiger partial charge on any atom is 0.422 e. The van der Waals surface area contributed by atoms with Gasteiger partial charge in [-0.1, -0.05) is 18.2 Å². The van der Waals surface area contributed by atoms with Gasteiger partial charge in [0.1, 0.15) is 11.6 Å². The average Bonchev–Trinajstić information content (AvgIpc) is 2.51. The summed E-state index contributed by atoms with van der Waals surface area (Å²) in [6.07, 6.45) is -4.39. The van der Waals surface area contributed by atoms with Gasteiger partial charge in [0.15, 0.2) is 6.61 Å².